The molecule has 0 aliphatic heterocycles. The predicted molar refractivity (Wildman–Crippen MR) is 79.5 cm³/mol. The van der Waals surface area contributed by atoms with Crippen LogP contribution in [0.25, 0.3) is 10.9 Å². The van der Waals surface area contributed by atoms with Crippen LogP contribution in [-0.2, 0) is 0 Å². The van der Waals surface area contributed by atoms with Crippen LogP contribution in [0.15, 0.2) is 24.3 Å². The molecule has 0 radical (unpaired) electrons. The van der Waals surface area contributed by atoms with Gasteiger partial charge in [-0.3, -0.25) is 9.89 Å². The van der Waals surface area contributed by atoms with Gasteiger partial charge in [0.15, 0.2) is 5.69 Å². The van der Waals surface area contributed by atoms with Crippen molar-refractivity contribution in [3.8, 4) is 0 Å². The number of para-hydroxylation sites is 1. The molecule has 4 heteroatoms. The van der Waals surface area contributed by atoms with Crippen LogP contribution in [0.3, 0.4) is 0 Å². The number of benzene rings is 1. The van der Waals surface area contributed by atoms with Crippen molar-refractivity contribution < 1.29 is 4.79 Å². The minimum absolute atomic E-state index is 0.0609. The molecule has 1 amide bonds. The number of nitrogens with one attached hydrogen (secondary N) is 2. The Morgan fingerprint density at radius 3 is 2.85 bits per heavy atom. The number of amides is 1. The molecule has 1 fully saturated rings. The van der Waals surface area contributed by atoms with E-state index < -0.39 is 0 Å². The van der Waals surface area contributed by atoms with Crippen LogP contribution in [-0.4, -0.2) is 22.1 Å². The smallest absolute Gasteiger partial charge is 0.272 e. The van der Waals surface area contributed by atoms with Crippen LogP contribution < -0.4 is 5.32 Å². The van der Waals surface area contributed by atoms with Crippen molar-refractivity contribution in [3.05, 3.63) is 30.0 Å². The van der Waals surface area contributed by atoms with Crippen LogP contribution in [0.2, 0.25) is 0 Å². The van der Waals surface area contributed by atoms with Gasteiger partial charge in [-0.1, -0.05) is 32.0 Å². The van der Waals surface area contributed by atoms with E-state index >= 15 is 0 Å². The Hall–Kier alpha value is -1.84. The largest absolute Gasteiger partial charge is 0.348 e. The van der Waals surface area contributed by atoms with E-state index in [9.17, 15) is 4.79 Å². The minimum Gasteiger partial charge on any atom is -0.348 e. The maximum Gasteiger partial charge on any atom is 0.272 e. The first-order chi connectivity index (χ1) is 9.65. The van der Waals surface area contributed by atoms with E-state index in [2.05, 4.69) is 29.4 Å². The molecular weight excluding hydrogens is 250 g/mol. The first-order valence-electron chi connectivity index (χ1n) is 7.39. The molecule has 1 aromatic carbocycles. The zero-order valence-corrected chi connectivity index (χ0v) is 12.0. The van der Waals surface area contributed by atoms with Gasteiger partial charge in [0, 0.05) is 11.4 Å². The van der Waals surface area contributed by atoms with E-state index in [1.807, 2.05) is 24.3 Å². The number of aromatic amines is 1. The van der Waals surface area contributed by atoms with Crippen molar-refractivity contribution >= 4 is 16.8 Å². The zero-order chi connectivity index (χ0) is 14.1. The van der Waals surface area contributed by atoms with Gasteiger partial charge in [0.1, 0.15) is 0 Å². The summed E-state index contributed by atoms with van der Waals surface area (Å²) in [5, 5.41) is 11.1. The summed E-state index contributed by atoms with van der Waals surface area (Å²) in [6, 6.07) is 8.01. The molecule has 4 nitrogen and oxygen atoms in total. The van der Waals surface area contributed by atoms with Gasteiger partial charge in [0.2, 0.25) is 0 Å². The Labute approximate surface area is 119 Å². The summed E-state index contributed by atoms with van der Waals surface area (Å²) in [4.78, 5) is 12.4. The molecule has 1 saturated carbocycles. The van der Waals surface area contributed by atoms with E-state index in [0.29, 0.717) is 11.6 Å². The molecule has 106 valence electrons. The number of nitrogens with zero attached hydrogens (tertiary/aromatic N) is 1. The van der Waals surface area contributed by atoms with Crippen molar-refractivity contribution in [2.45, 2.75) is 39.2 Å². The molecule has 1 aromatic heterocycles. The summed E-state index contributed by atoms with van der Waals surface area (Å²) in [5.74, 6) is 1.37. The van der Waals surface area contributed by atoms with Gasteiger partial charge in [-0.25, -0.2) is 0 Å². The first-order valence-corrected chi connectivity index (χ1v) is 7.39. The van der Waals surface area contributed by atoms with Crippen LogP contribution in [0, 0.1) is 11.8 Å². The summed E-state index contributed by atoms with van der Waals surface area (Å²) in [6.07, 6.45) is 3.32. The van der Waals surface area contributed by atoms with Crippen molar-refractivity contribution in [2.75, 3.05) is 0 Å². The quantitative estimate of drug-likeness (QED) is 0.881. The lowest BCUT2D eigenvalue weighted by atomic mass is 9.79. The van der Waals surface area contributed by atoms with E-state index in [1.54, 1.807) is 0 Å². The third-order valence-corrected chi connectivity index (χ3v) is 4.62. The minimum atomic E-state index is -0.0609. The topological polar surface area (TPSA) is 57.8 Å². The third kappa shape index (κ3) is 2.42. The van der Waals surface area contributed by atoms with Gasteiger partial charge in [0.05, 0.1) is 5.52 Å². The van der Waals surface area contributed by atoms with Crippen LogP contribution in [0.5, 0.6) is 0 Å². The molecule has 1 aliphatic rings. The summed E-state index contributed by atoms with van der Waals surface area (Å²) in [7, 11) is 0. The number of fused-ring (bicyclic) bond motifs is 1. The van der Waals surface area contributed by atoms with Crippen molar-refractivity contribution in [3.63, 3.8) is 0 Å². The van der Waals surface area contributed by atoms with E-state index in [4.69, 9.17) is 0 Å². The Balaban J connectivity index is 1.73. The average Bonchev–Trinajstić information content (AvgIpc) is 2.87. The van der Waals surface area contributed by atoms with Gasteiger partial charge in [-0.05, 0) is 37.2 Å². The highest BCUT2D eigenvalue weighted by atomic mass is 16.2. The van der Waals surface area contributed by atoms with Gasteiger partial charge >= 0.3 is 0 Å². The lowest BCUT2D eigenvalue weighted by Gasteiger charge is -2.32. The monoisotopic (exact) mass is 271 g/mol. The predicted octanol–water partition coefficient (Wildman–Crippen LogP) is 3.12. The number of carbonyl (C=O) groups excluding carboxylic acids is 1. The molecule has 2 aromatic rings. The molecule has 20 heavy (non-hydrogen) atoms. The second kappa shape index (κ2) is 5.27. The Morgan fingerprint density at radius 1 is 1.25 bits per heavy atom. The molecule has 3 rings (SSSR count). The molecule has 0 saturated heterocycles. The molecule has 1 aliphatic carbocycles. The number of hydrogen-bond acceptors (Lipinski definition) is 2. The highest BCUT2D eigenvalue weighted by molar-refractivity contribution is 6.04. The number of carbonyl (C=O) groups is 1. The lowest BCUT2D eigenvalue weighted by molar-refractivity contribution is 0.0907. The second-order valence-corrected chi connectivity index (χ2v) is 6.06. The molecule has 3 unspecified atom stereocenters. The standard InChI is InChI=1S/C16H21N3O/c1-10-7-8-12(9-11(10)2)17-16(20)15-13-5-3-4-6-14(13)18-19-15/h3-6,10-12H,7-9H2,1-2H3,(H,17,20)(H,18,19). The fourth-order valence-electron chi connectivity index (χ4n) is 3.07. The van der Waals surface area contributed by atoms with Crippen LogP contribution in [0.4, 0.5) is 0 Å². The first kappa shape index (κ1) is 13.2. The summed E-state index contributed by atoms with van der Waals surface area (Å²) in [6.45, 7) is 4.57. The number of hydrogen-bond donors (Lipinski definition) is 2. The molecule has 2 N–H and O–H groups in total. The van der Waals surface area contributed by atoms with E-state index in [0.717, 1.165) is 29.7 Å². The summed E-state index contributed by atoms with van der Waals surface area (Å²) >= 11 is 0. The normalized spacial score (nSPS) is 26.6. The maximum absolute atomic E-state index is 12.4. The molecule has 1 heterocycles. The Morgan fingerprint density at radius 2 is 2.05 bits per heavy atom. The van der Waals surface area contributed by atoms with Crippen LogP contribution in [0.1, 0.15) is 43.6 Å². The molecule has 3 atom stereocenters. The van der Waals surface area contributed by atoms with E-state index in [-0.39, 0.29) is 11.9 Å². The Bertz CT molecular complexity index is 619. The highest BCUT2D eigenvalue weighted by Gasteiger charge is 2.26. The second-order valence-electron chi connectivity index (χ2n) is 6.06. The SMILES string of the molecule is CC1CCC(NC(=O)c2n[nH]c3ccccc23)CC1C. The zero-order valence-electron chi connectivity index (χ0n) is 12.0. The fraction of sp³-hybridized carbons (Fsp3) is 0.500. The van der Waals surface area contributed by atoms with Gasteiger partial charge < -0.3 is 5.32 Å². The fourth-order valence-corrected chi connectivity index (χ4v) is 3.07. The average molecular weight is 271 g/mol. The lowest BCUT2D eigenvalue weighted by Crippen LogP contribution is -2.40. The summed E-state index contributed by atoms with van der Waals surface area (Å²) in [5.41, 5.74) is 1.41. The Kier molecular flexibility index (Phi) is 3.47. The van der Waals surface area contributed by atoms with Gasteiger partial charge in [-0.15, -0.1) is 0 Å². The van der Waals surface area contributed by atoms with Crippen LogP contribution >= 0.6 is 0 Å². The molecule has 0 spiro atoms. The van der Waals surface area contributed by atoms with Crippen molar-refractivity contribution in [1.82, 2.24) is 15.5 Å². The van der Waals surface area contributed by atoms with E-state index in [1.165, 1.54) is 6.42 Å². The highest BCUT2D eigenvalue weighted by Crippen LogP contribution is 2.29. The number of rotatable bonds is 2. The summed E-state index contributed by atoms with van der Waals surface area (Å²) < 4.78 is 0. The maximum atomic E-state index is 12.4. The van der Waals surface area contributed by atoms with Gasteiger partial charge in [0.25, 0.3) is 5.91 Å². The molecule has 0 bridgehead atoms. The van der Waals surface area contributed by atoms with Gasteiger partial charge in [-0.2, -0.15) is 5.10 Å². The third-order valence-electron chi connectivity index (χ3n) is 4.62. The van der Waals surface area contributed by atoms with Crippen molar-refractivity contribution in [2.24, 2.45) is 11.8 Å². The van der Waals surface area contributed by atoms with Crippen molar-refractivity contribution in [1.29, 1.82) is 0 Å². The number of H-pyrrole nitrogens is 1. The number of aromatic nitrogens is 2. The molecular formula is C16H21N3O.